The van der Waals surface area contributed by atoms with Crippen LogP contribution in [-0.2, 0) is 0 Å². The second kappa shape index (κ2) is 8.45. The first-order valence-corrected chi connectivity index (χ1v) is 10.5. The van der Waals surface area contributed by atoms with Gasteiger partial charge < -0.3 is 4.90 Å². The zero-order valence-corrected chi connectivity index (χ0v) is 17.5. The maximum absolute atomic E-state index is 14.2. The molecule has 0 radical (unpaired) electrons. The number of carbonyl (C=O) groups excluding carboxylic acids is 1. The van der Waals surface area contributed by atoms with E-state index in [1.54, 1.807) is 11.0 Å². The fourth-order valence-electron chi connectivity index (χ4n) is 3.45. The van der Waals surface area contributed by atoms with Crippen molar-refractivity contribution in [1.29, 1.82) is 0 Å². The van der Waals surface area contributed by atoms with Crippen molar-refractivity contribution >= 4 is 43.4 Å². The predicted molar refractivity (Wildman–Crippen MR) is 118 cm³/mol. The van der Waals surface area contributed by atoms with Crippen LogP contribution in [0.3, 0.4) is 0 Å². The zero-order valence-electron chi connectivity index (χ0n) is 16.7. The van der Waals surface area contributed by atoms with E-state index in [0.29, 0.717) is 21.9 Å². The summed E-state index contributed by atoms with van der Waals surface area (Å²) in [5.41, 5.74) is 0.642. The van der Waals surface area contributed by atoms with E-state index in [0.717, 1.165) is 41.1 Å². The first-order chi connectivity index (χ1) is 14.4. The fourth-order valence-corrected chi connectivity index (χ4v) is 4.48. The third-order valence-corrected chi connectivity index (χ3v) is 5.91. The second-order valence-corrected chi connectivity index (χ2v) is 8.38. The fraction of sp³-hybridized carbons (Fsp3) is 0.217. The molecule has 154 valence electrons. The highest BCUT2D eigenvalue weighted by atomic mass is 32.1. The minimum absolute atomic E-state index is 0.0831. The van der Waals surface area contributed by atoms with E-state index in [-0.39, 0.29) is 11.4 Å². The van der Waals surface area contributed by atoms with E-state index in [4.69, 9.17) is 0 Å². The van der Waals surface area contributed by atoms with Crippen LogP contribution in [0.15, 0.2) is 54.6 Å². The quantitative estimate of drug-likeness (QED) is 0.419. The van der Waals surface area contributed by atoms with Crippen molar-refractivity contribution in [3.63, 3.8) is 0 Å². The van der Waals surface area contributed by atoms with Crippen LogP contribution in [0.1, 0.15) is 16.8 Å². The zero-order chi connectivity index (χ0) is 21.3. The molecule has 0 bridgehead atoms. The standard InChI is InChI=1S/C23H21F2N3OS/c1-27(2)11-6-12-28(23-26-21-19(25)13-16(24)14-20(21)30-23)22(29)18-10-5-8-15-7-3-4-9-17(15)18/h3-5,7-10,13-14H,6,11-12H2,1-2H3. The van der Waals surface area contributed by atoms with Crippen LogP contribution < -0.4 is 4.90 Å². The molecule has 3 aromatic carbocycles. The SMILES string of the molecule is CN(C)CCCN(C(=O)c1cccc2ccccc12)c1nc2c(F)cc(F)cc2s1. The molecule has 0 fully saturated rings. The van der Waals surface area contributed by atoms with E-state index >= 15 is 0 Å². The lowest BCUT2D eigenvalue weighted by atomic mass is 10.0. The third kappa shape index (κ3) is 4.04. The molecule has 0 spiro atoms. The van der Waals surface area contributed by atoms with Crippen molar-refractivity contribution < 1.29 is 13.6 Å². The van der Waals surface area contributed by atoms with E-state index in [2.05, 4.69) is 4.98 Å². The summed E-state index contributed by atoms with van der Waals surface area (Å²) in [5.74, 6) is -1.58. The van der Waals surface area contributed by atoms with Crippen LogP contribution in [0.25, 0.3) is 21.0 Å². The van der Waals surface area contributed by atoms with Gasteiger partial charge in [0.1, 0.15) is 11.3 Å². The van der Waals surface area contributed by atoms with Crippen LogP contribution >= 0.6 is 11.3 Å². The number of rotatable bonds is 6. The van der Waals surface area contributed by atoms with E-state index in [9.17, 15) is 13.6 Å². The van der Waals surface area contributed by atoms with E-state index in [1.165, 1.54) is 6.07 Å². The molecule has 0 aliphatic heterocycles. The Bertz CT molecular complexity index is 1220. The van der Waals surface area contributed by atoms with Crippen molar-refractivity contribution in [3.8, 4) is 0 Å². The molecule has 1 heterocycles. The van der Waals surface area contributed by atoms with Gasteiger partial charge in [0, 0.05) is 18.2 Å². The first kappa shape index (κ1) is 20.4. The average molecular weight is 426 g/mol. The first-order valence-electron chi connectivity index (χ1n) is 9.64. The maximum atomic E-state index is 14.2. The van der Waals surface area contributed by atoms with Crippen LogP contribution in [0.5, 0.6) is 0 Å². The number of benzene rings is 3. The highest BCUT2D eigenvalue weighted by Crippen LogP contribution is 2.33. The van der Waals surface area contributed by atoms with Crippen molar-refractivity contribution in [2.75, 3.05) is 32.1 Å². The van der Waals surface area contributed by atoms with Gasteiger partial charge in [0.05, 0.1) is 4.70 Å². The lowest BCUT2D eigenvalue weighted by Gasteiger charge is -2.21. The highest BCUT2D eigenvalue weighted by Gasteiger charge is 2.23. The summed E-state index contributed by atoms with van der Waals surface area (Å²) in [6.07, 6.45) is 0.719. The normalized spacial score (nSPS) is 11.5. The van der Waals surface area contributed by atoms with Crippen LogP contribution in [0, 0.1) is 11.6 Å². The summed E-state index contributed by atoms with van der Waals surface area (Å²) in [6, 6.07) is 15.3. The second-order valence-electron chi connectivity index (χ2n) is 7.37. The van der Waals surface area contributed by atoms with Gasteiger partial charge in [-0.15, -0.1) is 0 Å². The maximum Gasteiger partial charge on any atom is 0.260 e. The number of nitrogens with zero attached hydrogens (tertiary/aromatic N) is 3. The van der Waals surface area contributed by atoms with Crippen molar-refractivity contribution in [2.45, 2.75) is 6.42 Å². The monoisotopic (exact) mass is 425 g/mol. The Hall–Kier alpha value is -2.90. The Labute approximate surface area is 177 Å². The minimum Gasteiger partial charge on any atom is -0.309 e. The molecular formula is C23H21F2N3OS. The van der Waals surface area contributed by atoms with Gasteiger partial charge in [-0.25, -0.2) is 13.8 Å². The Kier molecular flexibility index (Phi) is 5.74. The molecule has 1 amide bonds. The van der Waals surface area contributed by atoms with Gasteiger partial charge >= 0.3 is 0 Å². The molecular weight excluding hydrogens is 404 g/mol. The van der Waals surface area contributed by atoms with Crippen LogP contribution in [0.4, 0.5) is 13.9 Å². The van der Waals surface area contributed by atoms with Gasteiger partial charge in [-0.05, 0) is 50.0 Å². The number of hydrogen-bond donors (Lipinski definition) is 0. The number of aromatic nitrogens is 1. The Morgan fingerprint density at radius 3 is 2.60 bits per heavy atom. The molecule has 4 nitrogen and oxygen atoms in total. The van der Waals surface area contributed by atoms with E-state index < -0.39 is 11.6 Å². The summed E-state index contributed by atoms with van der Waals surface area (Å²) < 4.78 is 28.2. The molecule has 4 aromatic rings. The van der Waals surface area contributed by atoms with Gasteiger partial charge in [-0.2, -0.15) is 0 Å². The molecule has 0 saturated carbocycles. The summed E-state index contributed by atoms with van der Waals surface area (Å²) in [7, 11) is 3.93. The third-order valence-electron chi connectivity index (χ3n) is 4.89. The Morgan fingerprint density at radius 2 is 1.80 bits per heavy atom. The summed E-state index contributed by atoms with van der Waals surface area (Å²) in [5, 5.41) is 2.18. The predicted octanol–water partition coefficient (Wildman–Crippen LogP) is 5.33. The van der Waals surface area contributed by atoms with Crippen molar-refractivity contribution in [3.05, 3.63) is 71.8 Å². The smallest absolute Gasteiger partial charge is 0.260 e. The van der Waals surface area contributed by atoms with E-state index in [1.807, 2.05) is 55.4 Å². The van der Waals surface area contributed by atoms with Crippen molar-refractivity contribution in [2.24, 2.45) is 0 Å². The summed E-state index contributed by atoms with van der Waals surface area (Å²) in [4.78, 5) is 21.5. The van der Waals surface area contributed by atoms with Gasteiger partial charge in [0.25, 0.3) is 5.91 Å². The molecule has 30 heavy (non-hydrogen) atoms. The Morgan fingerprint density at radius 1 is 1.03 bits per heavy atom. The lowest BCUT2D eigenvalue weighted by molar-refractivity contribution is 0.0987. The molecule has 1 aromatic heterocycles. The molecule has 0 unspecified atom stereocenters. The molecule has 0 aliphatic rings. The number of hydrogen-bond acceptors (Lipinski definition) is 4. The number of anilines is 1. The largest absolute Gasteiger partial charge is 0.309 e. The van der Waals surface area contributed by atoms with Gasteiger partial charge in [-0.1, -0.05) is 47.7 Å². The molecule has 0 atom stereocenters. The van der Waals surface area contributed by atoms with Crippen LogP contribution in [-0.4, -0.2) is 43.0 Å². The average Bonchev–Trinajstić information content (AvgIpc) is 3.14. The summed E-state index contributed by atoms with van der Waals surface area (Å²) in [6.45, 7) is 1.21. The number of thiazole rings is 1. The van der Waals surface area contributed by atoms with Gasteiger partial charge in [-0.3, -0.25) is 9.69 Å². The number of carbonyl (C=O) groups is 1. The molecule has 0 N–H and O–H groups in total. The molecule has 7 heteroatoms. The lowest BCUT2D eigenvalue weighted by Crippen LogP contribution is -2.33. The molecule has 0 aliphatic carbocycles. The number of amides is 1. The topological polar surface area (TPSA) is 36.4 Å². The highest BCUT2D eigenvalue weighted by molar-refractivity contribution is 7.22. The summed E-state index contributed by atoms with van der Waals surface area (Å²) >= 11 is 1.12. The Balaban J connectivity index is 1.78. The molecule has 4 rings (SSSR count). The molecule has 0 saturated heterocycles. The number of fused-ring (bicyclic) bond motifs is 2. The van der Waals surface area contributed by atoms with Gasteiger partial charge in [0.15, 0.2) is 10.9 Å². The van der Waals surface area contributed by atoms with Crippen LogP contribution in [0.2, 0.25) is 0 Å². The van der Waals surface area contributed by atoms with Crippen molar-refractivity contribution in [1.82, 2.24) is 9.88 Å². The van der Waals surface area contributed by atoms with Gasteiger partial charge in [0.2, 0.25) is 0 Å². The number of halogens is 2. The minimum atomic E-state index is -0.724.